The Kier molecular flexibility index (Phi) is 3.16. The maximum atomic E-state index is 12.4. The van der Waals surface area contributed by atoms with E-state index in [2.05, 4.69) is 5.10 Å². The molecular weight excluding hydrogens is 277 g/mol. The molecule has 1 aromatic heterocycles. The van der Waals surface area contributed by atoms with E-state index in [1.165, 1.54) is 0 Å². The second-order valence-corrected chi connectivity index (χ2v) is 4.08. The van der Waals surface area contributed by atoms with Crippen molar-refractivity contribution in [1.29, 1.82) is 0 Å². The molecule has 2 N–H and O–H groups in total. The lowest BCUT2D eigenvalue weighted by molar-refractivity contribution is -0.137. The molecule has 0 atom stereocenters. The normalized spacial score (nSPS) is 11.6. The molecule has 2 rings (SSSR count). The lowest BCUT2D eigenvalue weighted by Gasteiger charge is -2.08. The van der Waals surface area contributed by atoms with E-state index >= 15 is 0 Å². The maximum Gasteiger partial charge on any atom is 0.416 e. The van der Waals surface area contributed by atoms with E-state index in [0.717, 1.165) is 35.9 Å². The Morgan fingerprint density at radius 3 is 2.20 bits per heavy atom. The number of rotatable bonds is 2. The van der Waals surface area contributed by atoms with Crippen molar-refractivity contribution >= 4 is 5.78 Å². The van der Waals surface area contributed by atoms with E-state index in [9.17, 15) is 27.9 Å². The summed E-state index contributed by atoms with van der Waals surface area (Å²) in [6.07, 6.45) is -4.48. The molecule has 1 aromatic carbocycles. The van der Waals surface area contributed by atoms with E-state index in [1.807, 2.05) is 0 Å². The van der Waals surface area contributed by atoms with Gasteiger partial charge >= 0.3 is 6.18 Å². The van der Waals surface area contributed by atoms with Crippen molar-refractivity contribution in [2.75, 3.05) is 0 Å². The number of nitrogens with one attached hydrogen (secondary N) is 1. The minimum absolute atomic E-state index is 0.0973. The first kappa shape index (κ1) is 13.9. The molecule has 0 saturated heterocycles. The van der Waals surface area contributed by atoms with E-state index in [0.29, 0.717) is 0 Å². The van der Waals surface area contributed by atoms with Crippen LogP contribution in [0.4, 0.5) is 13.2 Å². The molecule has 20 heavy (non-hydrogen) atoms. The number of aromatic hydroxyl groups is 1. The van der Waals surface area contributed by atoms with Crippen molar-refractivity contribution in [3.63, 3.8) is 0 Å². The number of benzene rings is 1. The third-order valence-corrected chi connectivity index (χ3v) is 2.68. The predicted octanol–water partition coefficient (Wildman–Crippen LogP) is 2.09. The van der Waals surface area contributed by atoms with Crippen LogP contribution in [-0.2, 0) is 6.18 Å². The van der Waals surface area contributed by atoms with Crippen molar-refractivity contribution in [2.24, 2.45) is 0 Å². The van der Waals surface area contributed by atoms with Gasteiger partial charge in [-0.3, -0.25) is 14.7 Å². The van der Waals surface area contributed by atoms with Gasteiger partial charge in [0.1, 0.15) is 5.56 Å². The number of ketones is 1. The molecule has 0 bridgehead atoms. The fourth-order valence-corrected chi connectivity index (χ4v) is 1.73. The largest absolute Gasteiger partial charge is 0.493 e. The van der Waals surface area contributed by atoms with Crippen LogP contribution in [-0.4, -0.2) is 20.7 Å². The van der Waals surface area contributed by atoms with Gasteiger partial charge in [0.05, 0.1) is 11.3 Å². The zero-order chi connectivity index (χ0) is 15.1. The van der Waals surface area contributed by atoms with Gasteiger partial charge < -0.3 is 5.11 Å². The quantitative estimate of drug-likeness (QED) is 0.830. The summed E-state index contributed by atoms with van der Waals surface area (Å²) in [6.45, 7) is 1.10. The van der Waals surface area contributed by atoms with Gasteiger partial charge in [-0.25, -0.2) is 4.68 Å². The van der Waals surface area contributed by atoms with Crippen LogP contribution in [0.15, 0.2) is 29.1 Å². The molecule has 106 valence electrons. The third-order valence-electron chi connectivity index (χ3n) is 2.68. The van der Waals surface area contributed by atoms with Gasteiger partial charge in [0.15, 0.2) is 5.78 Å². The number of Topliss-reactive ketones (excluding diaryl/α,β-unsaturated/α-hetero) is 1. The average molecular weight is 286 g/mol. The third kappa shape index (κ3) is 2.31. The summed E-state index contributed by atoms with van der Waals surface area (Å²) >= 11 is 0. The molecule has 5 nitrogen and oxygen atoms in total. The molecule has 0 spiro atoms. The fraction of sp³-hybridized carbons (Fsp3) is 0.167. The molecule has 2 aromatic rings. The van der Waals surface area contributed by atoms with E-state index in [4.69, 9.17) is 0 Å². The van der Waals surface area contributed by atoms with Gasteiger partial charge in [-0.1, -0.05) is 0 Å². The number of aromatic amines is 1. The summed E-state index contributed by atoms with van der Waals surface area (Å²) in [5.74, 6) is -1.28. The van der Waals surface area contributed by atoms with Crippen LogP contribution in [0.2, 0.25) is 0 Å². The van der Waals surface area contributed by atoms with Crippen LogP contribution in [0, 0.1) is 0 Å². The number of alkyl halides is 3. The number of halogens is 3. The summed E-state index contributed by atoms with van der Waals surface area (Å²) < 4.78 is 38.1. The van der Waals surface area contributed by atoms with Crippen LogP contribution in [0.3, 0.4) is 0 Å². The molecule has 0 amide bonds. The lowest BCUT2D eigenvalue weighted by atomic mass is 10.2. The Morgan fingerprint density at radius 2 is 1.80 bits per heavy atom. The topological polar surface area (TPSA) is 75.1 Å². The number of carbonyl (C=O) groups excluding carboxylic acids is 1. The smallest absolute Gasteiger partial charge is 0.416 e. The molecule has 0 saturated carbocycles. The van der Waals surface area contributed by atoms with Gasteiger partial charge in [-0.2, -0.15) is 13.2 Å². The van der Waals surface area contributed by atoms with Crippen LogP contribution in [0.5, 0.6) is 5.88 Å². The fourth-order valence-electron chi connectivity index (χ4n) is 1.73. The minimum Gasteiger partial charge on any atom is -0.493 e. The highest BCUT2D eigenvalue weighted by Gasteiger charge is 2.30. The van der Waals surface area contributed by atoms with Crippen LogP contribution < -0.4 is 5.56 Å². The highest BCUT2D eigenvalue weighted by Crippen LogP contribution is 2.30. The molecule has 0 unspecified atom stereocenters. The maximum absolute atomic E-state index is 12.4. The van der Waals surface area contributed by atoms with Crippen molar-refractivity contribution < 1.29 is 23.1 Å². The summed E-state index contributed by atoms with van der Waals surface area (Å²) in [5.41, 5.74) is -2.01. The number of hydrogen-bond acceptors (Lipinski definition) is 3. The van der Waals surface area contributed by atoms with Crippen molar-refractivity contribution in [1.82, 2.24) is 9.78 Å². The second-order valence-electron chi connectivity index (χ2n) is 4.08. The second kappa shape index (κ2) is 4.55. The zero-order valence-corrected chi connectivity index (χ0v) is 10.2. The average Bonchev–Trinajstić information content (AvgIpc) is 2.64. The Morgan fingerprint density at radius 1 is 1.25 bits per heavy atom. The van der Waals surface area contributed by atoms with E-state index in [-0.39, 0.29) is 5.69 Å². The summed E-state index contributed by atoms with van der Waals surface area (Å²) in [7, 11) is 0. The molecule has 0 aliphatic heterocycles. The minimum atomic E-state index is -4.48. The van der Waals surface area contributed by atoms with Crippen molar-refractivity contribution in [3.8, 4) is 11.6 Å². The first-order chi connectivity index (χ1) is 9.21. The molecule has 1 heterocycles. The van der Waals surface area contributed by atoms with Crippen LogP contribution in [0.1, 0.15) is 22.8 Å². The highest BCUT2D eigenvalue weighted by molar-refractivity contribution is 5.96. The summed E-state index contributed by atoms with van der Waals surface area (Å²) in [4.78, 5) is 22.6. The Labute approximate surface area is 110 Å². The van der Waals surface area contributed by atoms with Crippen LogP contribution >= 0.6 is 0 Å². The van der Waals surface area contributed by atoms with Crippen LogP contribution in [0.25, 0.3) is 5.69 Å². The molecule has 0 aliphatic rings. The number of carbonyl (C=O) groups is 1. The number of aromatic nitrogens is 2. The van der Waals surface area contributed by atoms with Gasteiger partial charge in [0, 0.05) is 0 Å². The first-order valence-electron chi connectivity index (χ1n) is 5.44. The summed E-state index contributed by atoms with van der Waals surface area (Å²) in [5, 5.41) is 11.9. The Bertz CT molecular complexity index is 711. The van der Waals surface area contributed by atoms with Gasteiger partial charge in [0.2, 0.25) is 5.88 Å². The van der Waals surface area contributed by atoms with E-state index < -0.39 is 34.5 Å². The first-order valence-corrected chi connectivity index (χ1v) is 5.44. The number of hydrogen-bond donors (Lipinski definition) is 2. The molecule has 8 heteroatoms. The standard InChI is InChI=1S/C12H9F3N2O3/c1-6(18)9-10(19)16-17(11(9)20)8-4-2-7(3-5-8)12(13,14)15/h2-5,20H,1H3,(H,16,19). The van der Waals surface area contributed by atoms with Crippen molar-refractivity contribution in [3.05, 3.63) is 45.7 Å². The molecule has 0 fully saturated rings. The molecule has 0 radical (unpaired) electrons. The summed E-state index contributed by atoms with van der Waals surface area (Å²) in [6, 6.07) is 3.76. The molecular formula is C12H9F3N2O3. The monoisotopic (exact) mass is 286 g/mol. The van der Waals surface area contributed by atoms with Crippen molar-refractivity contribution in [2.45, 2.75) is 13.1 Å². The van der Waals surface area contributed by atoms with E-state index in [1.54, 1.807) is 0 Å². The zero-order valence-electron chi connectivity index (χ0n) is 10.2. The van der Waals surface area contributed by atoms with Gasteiger partial charge in [-0.15, -0.1) is 0 Å². The number of H-pyrrole nitrogens is 1. The number of nitrogens with zero attached hydrogens (tertiary/aromatic N) is 1. The highest BCUT2D eigenvalue weighted by atomic mass is 19.4. The lowest BCUT2D eigenvalue weighted by Crippen LogP contribution is -2.10. The van der Waals surface area contributed by atoms with Gasteiger partial charge in [0.25, 0.3) is 5.56 Å². The Hall–Kier alpha value is -2.51. The van der Waals surface area contributed by atoms with Gasteiger partial charge in [-0.05, 0) is 31.2 Å². The SMILES string of the molecule is CC(=O)c1c(O)n(-c2ccc(C(F)(F)F)cc2)[nH]c1=O. The predicted molar refractivity (Wildman–Crippen MR) is 63.1 cm³/mol. The molecule has 0 aliphatic carbocycles. The Balaban J connectivity index is 2.51.